The molecule has 1 heteroatoms. The molecular weight excluding hydrogens is 110 g/mol. The van der Waals surface area contributed by atoms with E-state index < -0.39 is 0 Å². The molecule has 0 fully saturated rings. The monoisotopic (exact) mass is 126 g/mol. The molecule has 0 saturated heterocycles. The number of nitrogens with zero attached hydrogens (tertiary/aromatic N) is 1. The van der Waals surface area contributed by atoms with Crippen LogP contribution in [0.5, 0.6) is 0 Å². The maximum Gasteiger partial charge on any atom is 0.0618 e. The van der Waals surface area contributed by atoms with Crippen LogP contribution in [0.3, 0.4) is 0 Å². The highest BCUT2D eigenvalue weighted by atomic mass is 14.5. The summed E-state index contributed by atoms with van der Waals surface area (Å²) in [4.78, 5) is 0. The van der Waals surface area contributed by atoms with E-state index in [9.17, 15) is 0 Å². The second-order valence-corrected chi connectivity index (χ2v) is 2.39. The Bertz CT molecular complexity index is 37.8. The highest BCUT2D eigenvalue weighted by molar-refractivity contribution is 4.52. The summed E-state index contributed by atoms with van der Waals surface area (Å²) in [7, 11) is 0. The Balaban J connectivity index is 2.60. The van der Waals surface area contributed by atoms with Crippen LogP contribution < -0.4 is 5.73 Å². The SMILES string of the molecule is CCCCCCC[CH][N]. The quantitative estimate of drug-likeness (QED) is 0.488. The molecule has 3 radical (unpaired) electrons. The Morgan fingerprint density at radius 3 is 2.33 bits per heavy atom. The Kier molecular flexibility index (Phi) is 7.92. The smallest absolute Gasteiger partial charge is 0.0618 e. The van der Waals surface area contributed by atoms with Gasteiger partial charge in [-0.2, -0.15) is 0 Å². The molecule has 1 nitrogen and oxygen atoms in total. The largest absolute Gasteiger partial charge is 0.139 e. The van der Waals surface area contributed by atoms with Crippen molar-refractivity contribution in [1.82, 2.24) is 5.73 Å². The zero-order chi connectivity index (χ0) is 6.95. The Hall–Kier alpha value is -0.0400. The van der Waals surface area contributed by atoms with Crippen molar-refractivity contribution in [3.63, 3.8) is 0 Å². The summed E-state index contributed by atoms with van der Waals surface area (Å²) in [6, 6.07) is 0. The van der Waals surface area contributed by atoms with Crippen LogP contribution in [0, 0.1) is 6.54 Å². The molecule has 0 aromatic rings. The van der Waals surface area contributed by atoms with E-state index in [0.29, 0.717) is 0 Å². The van der Waals surface area contributed by atoms with E-state index in [0.717, 1.165) is 12.8 Å². The van der Waals surface area contributed by atoms with Gasteiger partial charge in [-0.05, 0) is 6.42 Å². The fourth-order valence-corrected chi connectivity index (χ4v) is 0.839. The molecule has 0 atom stereocenters. The third-order valence-electron chi connectivity index (χ3n) is 1.44. The van der Waals surface area contributed by atoms with E-state index in [4.69, 9.17) is 5.73 Å². The van der Waals surface area contributed by atoms with E-state index in [-0.39, 0.29) is 0 Å². The highest BCUT2D eigenvalue weighted by Crippen LogP contribution is 2.04. The van der Waals surface area contributed by atoms with Crippen molar-refractivity contribution in [1.29, 1.82) is 0 Å². The van der Waals surface area contributed by atoms with E-state index in [1.807, 2.05) is 0 Å². The minimum absolute atomic E-state index is 0.865. The third-order valence-corrected chi connectivity index (χ3v) is 1.44. The first kappa shape index (κ1) is 8.96. The fourth-order valence-electron chi connectivity index (χ4n) is 0.839. The molecule has 0 N–H and O–H groups in total. The van der Waals surface area contributed by atoms with Gasteiger partial charge in [0, 0.05) is 0 Å². The Morgan fingerprint density at radius 1 is 1.11 bits per heavy atom. The lowest BCUT2D eigenvalue weighted by atomic mass is 10.1. The van der Waals surface area contributed by atoms with Crippen molar-refractivity contribution in [3.05, 3.63) is 6.54 Å². The molecule has 0 heterocycles. The zero-order valence-electron chi connectivity index (χ0n) is 6.27. The summed E-state index contributed by atoms with van der Waals surface area (Å²) in [5.41, 5.74) is 8.30. The first-order valence-corrected chi connectivity index (χ1v) is 3.87. The van der Waals surface area contributed by atoms with Crippen LogP contribution in [0.25, 0.3) is 0 Å². The van der Waals surface area contributed by atoms with Crippen molar-refractivity contribution >= 4 is 0 Å². The molecule has 0 unspecified atom stereocenters. The lowest BCUT2D eigenvalue weighted by Crippen LogP contribution is -1.79. The van der Waals surface area contributed by atoms with Gasteiger partial charge in [-0.15, -0.1) is 5.73 Å². The summed E-state index contributed by atoms with van der Waals surface area (Å²) in [5.74, 6) is 0. The lowest BCUT2D eigenvalue weighted by Gasteiger charge is -1.95. The average Bonchev–Trinajstić information content (AvgIpc) is 1.89. The van der Waals surface area contributed by atoms with Gasteiger partial charge in [-0.25, -0.2) is 0 Å². The van der Waals surface area contributed by atoms with Crippen molar-refractivity contribution in [2.24, 2.45) is 0 Å². The van der Waals surface area contributed by atoms with Gasteiger partial charge in [0.05, 0.1) is 6.54 Å². The molecule has 0 aliphatic rings. The molecule has 0 amide bonds. The number of rotatable bonds is 6. The summed E-state index contributed by atoms with van der Waals surface area (Å²) >= 11 is 0. The van der Waals surface area contributed by atoms with Crippen LogP contribution in [0.4, 0.5) is 0 Å². The van der Waals surface area contributed by atoms with E-state index in [1.165, 1.54) is 32.2 Å². The van der Waals surface area contributed by atoms with E-state index in [1.54, 1.807) is 0 Å². The van der Waals surface area contributed by atoms with Gasteiger partial charge < -0.3 is 0 Å². The molecule has 0 aromatic carbocycles. The van der Waals surface area contributed by atoms with Gasteiger partial charge in [0.1, 0.15) is 0 Å². The van der Waals surface area contributed by atoms with Gasteiger partial charge in [0.25, 0.3) is 0 Å². The first-order valence-electron chi connectivity index (χ1n) is 3.87. The standard InChI is InChI=1S/C8H16N/c1-2-3-4-5-6-7-8-9/h8H,2-7H2,1H3. The molecule has 0 bridgehead atoms. The zero-order valence-corrected chi connectivity index (χ0v) is 6.27. The molecule has 0 aromatic heterocycles. The highest BCUT2D eigenvalue weighted by Gasteiger charge is 1.86. The molecule has 53 valence electrons. The van der Waals surface area contributed by atoms with E-state index in [2.05, 4.69) is 6.92 Å². The average molecular weight is 126 g/mol. The van der Waals surface area contributed by atoms with Gasteiger partial charge in [-0.1, -0.05) is 39.0 Å². The molecular formula is C8H16N. The number of unbranched alkanes of at least 4 members (excludes halogenated alkanes) is 5. The van der Waals surface area contributed by atoms with Crippen LogP contribution in [-0.2, 0) is 0 Å². The molecule has 0 rings (SSSR count). The van der Waals surface area contributed by atoms with Crippen LogP contribution >= 0.6 is 0 Å². The van der Waals surface area contributed by atoms with E-state index >= 15 is 0 Å². The second kappa shape index (κ2) is 7.96. The first-order chi connectivity index (χ1) is 4.41. The van der Waals surface area contributed by atoms with Crippen LogP contribution in [0.2, 0.25) is 0 Å². The molecule has 0 aliphatic heterocycles. The normalized spacial score (nSPS) is 10.0. The van der Waals surface area contributed by atoms with Crippen LogP contribution in [0.15, 0.2) is 0 Å². The minimum atomic E-state index is 0.865. The fraction of sp³-hybridized carbons (Fsp3) is 0.875. The maximum atomic E-state index is 8.30. The van der Waals surface area contributed by atoms with Crippen LogP contribution in [-0.4, -0.2) is 0 Å². The van der Waals surface area contributed by atoms with Crippen molar-refractivity contribution in [2.45, 2.75) is 45.4 Å². The number of hydrogen-bond donors (Lipinski definition) is 0. The van der Waals surface area contributed by atoms with Crippen LogP contribution in [0.1, 0.15) is 45.4 Å². The lowest BCUT2D eigenvalue weighted by molar-refractivity contribution is 0.626. The van der Waals surface area contributed by atoms with Gasteiger partial charge in [-0.3, -0.25) is 0 Å². The topological polar surface area (TPSA) is 22.3 Å². The number of hydrogen-bond acceptors (Lipinski definition) is 0. The summed E-state index contributed by atoms with van der Waals surface area (Å²) < 4.78 is 0. The summed E-state index contributed by atoms with van der Waals surface area (Å²) in [5, 5.41) is 0. The second-order valence-electron chi connectivity index (χ2n) is 2.39. The predicted octanol–water partition coefficient (Wildman–Crippen LogP) is 2.58. The van der Waals surface area contributed by atoms with Crippen molar-refractivity contribution < 1.29 is 0 Å². The molecule has 9 heavy (non-hydrogen) atoms. The molecule has 0 spiro atoms. The van der Waals surface area contributed by atoms with Gasteiger partial charge >= 0.3 is 0 Å². The maximum absolute atomic E-state index is 8.30. The summed E-state index contributed by atoms with van der Waals surface area (Å²) in [6.45, 7) is 3.46. The molecule has 0 aliphatic carbocycles. The third kappa shape index (κ3) is 7.96. The minimum Gasteiger partial charge on any atom is -0.139 e. The predicted molar refractivity (Wildman–Crippen MR) is 39.8 cm³/mol. The van der Waals surface area contributed by atoms with Gasteiger partial charge in [0.15, 0.2) is 0 Å². The Morgan fingerprint density at radius 2 is 1.78 bits per heavy atom. The van der Waals surface area contributed by atoms with Gasteiger partial charge in [0.2, 0.25) is 0 Å². The van der Waals surface area contributed by atoms with Crippen molar-refractivity contribution in [2.75, 3.05) is 0 Å². The Labute approximate surface area is 58.6 Å². The summed E-state index contributed by atoms with van der Waals surface area (Å²) in [6.07, 6.45) is 7.24. The van der Waals surface area contributed by atoms with Crippen molar-refractivity contribution in [3.8, 4) is 0 Å². The molecule has 0 saturated carbocycles.